The van der Waals surface area contributed by atoms with Crippen molar-refractivity contribution in [3.63, 3.8) is 0 Å². The van der Waals surface area contributed by atoms with E-state index in [9.17, 15) is 9.90 Å². The van der Waals surface area contributed by atoms with Gasteiger partial charge < -0.3 is 14.6 Å². The molecule has 0 unspecified atom stereocenters. The maximum atomic E-state index is 12.7. The number of ether oxygens (including phenoxy) is 2. The molecule has 19 heavy (non-hydrogen) atoms. The second kappa shape index (κ2) is 3.53. The fourth-order valence-electron chi connectivity index (χ4n) is 5.31. The van der Waals surface area contributed by atoms with Gasteiger partial charge in [0.25, 0.3) is 0 Å². The van der Waals surface area contributed by atoms with Crippen molar-refractivity contribution in [2.45, 2.75) is 64.8 Å². The predicted octanol–water partition coefficient (Wildman–Crippen LogP) is 2.24. The molecular formula is C15H24O4. The van der Waals surface area contributed by atoms with Crippen LogP contribution in [-0.2, 0) is 14.3 Å². The van der Waals surface area contributed by atoms with E-state index in [0.717, 1.165) is 19.3 Å². The second-order valence-corrected chi connectivity index (χ2v) is 7.17. The monoisotopic (exact) mass is 268 g/mol. The molecule has 0 aromatic carbocycles. The molecule has 2 aliphatic carbocycles. The van der Waals surface area contributed by atoms with Crippen LogP contribution in [-0.4, -0.2) is 29.1 Å². The molecule has 0 aromatic heterocycles. The Morgan fingerprint density at radius 3 is 2.63 bits per heavy atom. The predicted molar refractivity (Wildman–Crippen MR) is 69.2 cm³/mol. The van der Waals surface area contributed by atoms with Crippen LogP contribution in [0.2, 0.25) is 0 Å². The third-order valence-corrected chi connectivity index (χ3v) is 5.96. The molecule has 0 spiro atoms. The summed E-state index contributed by atoms with van der Waals surface area (Å²) in [6.45, 7) is 8.25. The van der Waals surface area contributed by atoms with Crippen LogP contribution in [0.5, 0.6) is 0 Å². The van der Waals surface area contributed by atoms with E-state index in [2.05, 4.69) is 6.92 Å². The Morgan fingerprint density at radius 1 is 1.32 bits per heavy atom. The third kappa shape index (κ3) is 1.25. The molecule has 4 atom stereocenters. The van der Waals surface area contributed by atoms with Crippen LogP contribution in [0, 0.1) is 16.7 Å². The van der Waals surface area contributed by atoms with Crippen LogP contribution in [0.1, 0.15) is 53.4 Å². The molecule has 1 aliphatic heterocycles. The van der Waals surface area contributed by atoms with E-state index in [4.69, 9.17) is 9.47 Å². The first-order valence-electron chi connectivity index (χ1n) is 7.33. The lowest BCUT2D eigenvalue weighted by molar-refractivity contribution is -0.253. The largest absolute Gasteiger partial charge is 0.465 e. The van der Waals surface area contributed by atoms with Gasteiger partial charge in [0.05, 0.1) is 12.2 Å². The zero-order valence-electron chi connectivity index (χ0n) is 12.3. The van der Waals surface area contributed by atoms with E-state index >= 15 is 0 Å². The summed E-state index contributed by atoms with van der Waals surface area (Å²) in [4.78, 5) is 12.7. The SMILES string of the molecule is CCOC(=O)[C@]12[C@@H]3CC[C@@]1(C)CC[C@@]2(O)OC3(C)C. The number of aliphatic hydroxyl groups is 1. The molecule has 0 aromatic rings. The van der Waals surface area contributed by atoms with Crippen LogP contribution in [0.25, 0.3) is 0 Å². The lowest BCUT2D eigenvalue weighted by Crippen LogP contribution is -2.54. The maximum Gasteiger partial charge on any atom is 0.318 e. The van der Waals surface area contributed by atoms with Crippen molar-refractivity contribution >= 4 is 5.97 Å². The van der Waals surface area contributed by atoms with Crippen molar-refractivity contribution < 1.29 is 19.4 Å². The highest BCUT2D eigenvalue weighted by Gasteiger charge is 2.83. The smallest absolute Gasteiger partial charge is 0.318 e. The summed E-state index contributed by atoms with van der Waals surface area (Å²) in [5.74, 6) is -1.57. The fourth-order valence-corrected chi connectivity index (χ4v) is 5.31. The minimum absolute atomic E-state index is 0.0385. The molecule has 4 nitrogen and oxygen atoms in total. The molecule has 1 saturated heterocycles. The van der Waals surface area contributed by atoms with Crippen LogP contribution in [0.15, 0.2) is 0 Å². The summed E-state index contributed by atoms with van der Waals surface area (Å²) in [6.07, 6.45) is 3.24. The van der Waals surface area contributed by atoms with E-state index < -0.39 is 16.8 Å². The van der Waals surface area contributed by atoms with Crippen molar-refractivity contribution in [2.75, 3.05) is 6.61 Å². The number of rotatable bonds is 2. The van der Waals surface area contributed by atoms with Gasteiger partial charge in [0, 0.05) is 12.3 Å². The molecule has 3 rings (SSSR count). The van der Waals surface area contributed by atoms with Crippen molar-refractivity contribution in [2.24, 2.45) is 16.7 Å². The first kappa shape index (κ1) is 13.4. The van der Waals surface area contributed by atoms with Crippen molar-refractivity contribution in [3.05, 3.63) is 0 Å². The highest BCUT2D eigenvalue weighted by atomic mass is 16.7. The number of carbonyl (C=O) groups excluding carboxylic acids is 1. The Labute approximate surface area is 114 Å². The van der Waals surface area contributed by atoms with Gasteiger partial charge in [0.15, 0.2) is 5.79 Å². The minimum atomic E-state index is -1.35. The Morgan fingerprint density at radius 2 is 2.00 bits per heavy atom. The van der Waals surface area contributed by atoms with E-state index in [1.54, 1.807) is 0 Å². The highest BCUT2D eigenvalue weighted by molar-refractivity contribution is 5.82. The molecule has 4 heteroatoms. The average molecular weight is 268 g/mol. The summed E-state index contributed by atoms with van der Waals surface area (Å²) < 4.78 is 11.3. The zero-order chi connectivity index (χ0) is 14.1. The van der Waals surface area contributed by atoms with Crippen molar-refractivity contribution in [1.29, 1.82) is 0 Å². The molecule has 1 N–H and O–H groups in total. The lowest BCUT2D eigenvalue weighted by Gasteiger charge is -2.41. The van der Waals surface area contributed by atoms with Gasteiger partial charge in [0.2, 0.25) is 0 Å². The summed E-state index contributed by atoms with van der Waals surface area (Å²) in [5, 5.41) is 11.0. The van der Waals surface area contributed by atoms with Gasteiger partial charge in [-0.05, 0) is 45.4 Å². The van der Waals surface area contributed by atoms with Crippen LogP contribution < -0.4 is 0 Å². The van der Waals surface area contributed by atoms with Crippen LogP contribution in [0.4, 0.5) is 0 Å². The maximum absolute atomic E-state index is 12.7. The number of carbonyl (C=O) groups is 1. The first-order chi connectivity index (χ1) is 8.73. The molecule has 0 radical (unpaired) electrons. The Kier molecular flexibility index (Phi) is 2.48. The molecule has 3 fully saturated rings. The van der Waals surface area contributed by atoms with Gasteiger partial charge in [-0.25, -0.2) is 0 Å². The van der Waals surface area contributed by atoms with E-state index in [1.165, 1.54) is 0 Å². The van der Waals surface area contributed by atoms with Crippen LogP contribution in [0.3, 0.4) is 0 Å². The van der Waals surface area contributed by atoms with E-state index in [0.29, 0.717) is 13.0 Å². The van der Waals surface area contributed by atoms with E-state index in [-0.39, 0.29) is 17.3 Å². The summed E-state index contributed by atoms with van der Waals surface area (Å²) in [6, 6.07) is 0. The topological polar surface area (TPSA) is 55.8 Å². The van der Waals surface area contributed by atoms with Crippen LogP contribution >= 0.6 is 0 Å². The Bertz CT molecular complexity index is 432. The van der Waals surface area contributed by atoms with Gasteiger partial charge in [-0.1, -0.05) is 6.92 Å². The fraction of sp³-hybridized carbons (Fsp3) is 0.933. The lowest BCUT2D eigenvalue weighted by atomic mass is 9.62. The third-order valence-electron chi connectivity index (χ3n) is 5.96. The number of hydrogen-bond donors (Lipinski definition) is 1. The Hall–Kier alpha value is -0.610. The van der Waals surface area contributed by atoms with Crippen molar-refractivity contribution in [3.8, 4) is 0 Å². The summed E-state index contributed by atoms with van der Waals surface area (Å²) >= 11 is 0. The number of esters is 1. The number of hydrogen-bond acceptors (Lipinski definition) is 4. The quantitative estimate of drug-likeness (QED) is 0.780. The average Bonchev–Trinajstić information content (AvgIpc) is 2.79. The van der Waals surface area contributed by atoms with Crippen molar-refractivity contribution in [1.82, 2.24) is 0 Å². The van der Waals surface area contributed by atoms with Gasteiger partial charge in [-0.3, -0.25) is 4.79 Å². The van der Waals surface area contributed by atoms with E-state index in [1.807, 2.05) is 20.8 Å². The standard InChI is InChI=1S/C15H24O4/c1-5-18-11(16)15-10-6-7-13(15,4)8-9-14(15,17)19-12(10,2)3/h10,17H,5-9H2,1-4H3/t10-,13+,14-,15-/m1/s1. The second-order valence-electron chi connectivity index (χ2n) is 7.17. The van der Waals surface area contributed by atoms with Gasteiger partial charge in [-0.2, -0.15) is 0 Å². The summed E-state index contributed by atoms with van der Waals surface area (Å²) in [7, 11) is 0. The summed E-state index contributed by atoms with van der Waals surface area (Å²) in [5.41, 5.74) is -1.55. The normalized spacial score (nSPS) is 50.3. The Balaban J connectivity index is 2.18. The molecule has 0 bridgehead atoms. The van der Waals surface area contributed by atoms with Gasteiger partial charge in [-0.15, -0.1) is 0 Å². The van der Waals surface area contributed by atoms with Gasteiger partial charge >= 0.3 is 5.97 Å². The molecule has 0 amide bonds. The first-order valence-corrected chi connectivity index (χ1v) is 7.33. The molecule has 108 valence electrons. The molecular weight excluding hydrogens is 244 g/mol. The molecule has 3 aliphatic rings. The zero-order valence-corrected chi connectivity index (χ0v) is 12.3. The highest BCUT2D eigenvalue weighted by Crippen LogP contribution is 2.76. The minimum Gasteiger partial charge on any atom is -0.465 e. The molecule has 2 saturated carbocycles. The van der Waals surface area contributed by atoms with Gasteiger partial charge in [0.1, 0.15) is 5.41 Å². The molecule has 1 heterocycles.